The van der Waals surface area contributed by atoms with Gasteiger partial charge in [-0.2, -0.15) is 5.26 Å². The first kappa shape index (κ1) is 21.9. The van der Waals surface area contributed by atoms with Gasteiger partial charge in [-0.1, -0.05) is 68.1 Å². The lowest BCUT2D eigenvalue weighted by Gasteiger charge is -2.13. The molecule has 29 heavy (non-hydrogen) atoms. The molecule has 4 N–H and O–H groups in total. The number of allylic oxidation sites excluding steroid dienone is 1. The van der Waals surface area contributed by atoms with Gasteiger partial charge >= 0.3 is 0 Å². The van der Waals surface area contributed by atoms with Crippen LogP contribution < -0.4 is 16.2 Å². The molecular weight excluding hydrogens is 378 g/mol. The number of benzene rings is 3. The lowest BCUT2D eigenvalue weighted by atomic mass is 10.0. The van der Waals surface area contributed by atoms with Crippen LogP contribution in [0.15, 0.2) is 82.7 Å². The summed E-state index contributed by atoms with van der Waals surface area (Å²) >= 11 is 1.29. The third-order valence-corrected chi connectivity index (χ3v) is 5.04. The van der Waals surface area contributed by atoms with Crippen molar-refractivity contribution in [2.45, 2.75) is 25.7 Å². The number of nitrogens with zero attached hydrogens (tertiary/aromatic N) is 1. The Hall–Kier alpha value is -3.36. The van der Waals surface area contributed by atoms with E-state index in [1.807, 2.05) is 87.5 Å². The van der Waals surface area contributed by atoms with Crippen LogP contribution in [0.2, 0.25) is 0 Å². The number of thioether (sulfide) groups is 1. The zero-order valence-electron chi connectivity index (χ0n) is 16.8. The number of nitriles is 1. The molecular formula is C24H25N3OS. The van der Waals surface area contributed by atoms with Gasteiger partial charge in [-0.15, -0.1) is 0 Å². The SMILES string of the molecule is CC.Cc1c(Oc2ccccc2)cccc1/C(C#N)=C(\N)Sc1ccccc1N. The summed E-state index contributed by atoms with van der Waals surface area (Å²) < 4.78 is 5.96. The topological polar surface area (TPSA) is 85.1 Å². The summed E-state index contributed by atoms with van der Waals surface area (Å²) in [4.78, 5) is 0.817. The van der Waals surface area contributed by atoms with Crippen molar-refractivity contribution in [2.75, 3.05) is 5.73 Å². The van der Waals surface area contributed by atoms with E-state index in [1.54, 1.807) is 6.07 Å². The summed E-state index contributed by atoms with van der Waals surface area (Å²) in [5, 5.41) is 10.1. The van der Waals surface area contributed by atoms with Gasteiger partial charge in [-0.3, -0.25) is 0 Å². The number of hydrogen-bond acceptors (Lipinski definition) is 5. The highest BCUT2D eigenvalue weighted by Gasteiger charge is 2.14. The summed E-state index contributed by atoms with van der Waals surface area (Å²) in [6, 6.07) is 24.8. The van der Waals surface area contributed by atoms with Crippen molar-refractivity contribution in [3.8, 4) is 17.6 Å². The van der Waals surface area contributed by atoms with Gasteiger partial charge in [0, 0.05) is 21.7 Å². The molecule has 0 bridgehead atoms. The monoisotopic (exact) mass is 403 g/mol. The predicted molar refractivity (Wildman–Crippen MR) is 122 cm³/mol. The van der Waals surface area contributed by atoms with E-state index >= 15 is 0 Å². The molecule has 0 spiro atoms. The van der Waals surface area contributed by atoms with Crippen LogP contribution in [0.1, 0.15) is 25.0 Å². The highest BCUT2D eigenvalue weighted by Crippen LogP contribution is 2.36. The Morgan fingerprint density at radius 2 is 1.59 bits per heavy atom. The molecule has 3 aromatic carbocycles. The van der Waals surface area contributed by atoms with Gasteiger partial charge in [-0.05, 0) is 37.3 Å². The summed E-state index contributed by atoms with van der Waals surface area (Å²) in [5.74, 6) is 1.42. The maximum atomic E-state index is 9.73. The van der Waals surface area contributed by atoms with Gasteiger partial charge in [-0.25, -0.2) is 0 Å². The van der Waals surface area contributed by atoms with E-state index in [1.165, 1.54) is 11.8 Å². The molecule has 3 rings (SSSR count). The van der Waals surface area contributed by atoms with E-state index < -0.39 is 0 Å². The first-order valence-corrected chi connectivity index (χ1v) is 10.2. The minimum Gasteiger partial charge on any atom is -0.457 e. The van der Waals surface area contributed by atoms with Crippen LogP contribution in [-0.2, 0) is 0 Å². The zero-order valence-corrected chi connectivity index (χ0v) is 17.7. The van der Waals surface area contributed by atoms with E-state index in [0.29, 0.717) is 22.0 Å². The number of nitrogens with two attached hydrogens (primary N) is 2. The van der Waals surface area contributed by atoms with Gasteiger partial charge in [0.15, 0.2) is 0 Å². The van der Waals surface area contributed by atoms with Crippen LogP contribution in [0, 0.1) is 18.3 Å². The Morgan fingerprint density at radius 3 is 2.24 bits per heavy atom. The zero-order chi connectivity index (χ0) is 21.2. The molecule has 0 radical (unpaired) electrons. The van der Waals surface area contributed by atoms with Crippen LogP contribution in [0.3, 0.4) is 0 Å². The molecule has 3 aromatic rings. The number of nitrogen functional groups attached to an aromatic ring is 1. The molecule has 5 heteroatoms. The Labute approximate surface area is 176 Å². The van der Waals surface area contributed by atoms with Crippen LogP contribution in [-0.4, -0.2) is 0 Å². The highest BCUT2D eigenvalue weighted by atomic mass is 32.2. The second-order valence-corrected chi connectivity index (χ2v) is 6.92. The third kappa shape index (κ3) is 5.56. The average molecular weight is 404 g/mol. The lowest BCUT2D eigenvalue weighted by molar-refractivity contribution is 0.479. The predicted octanol–water partition coefficient (Wildman–Crippen LogP) is 6.34. The standard InChI is InChI=1S/C22H19N3OS.C2H6/c1-15-17(10-7-12-20(15)26-16-8-3-2-4-9-16)18(14-23)22(25)27-21-13-6-5-11-19(21)24;1-2/h2-13H,24-25H2,1H3;1-2H3/b22-18+;. The number of ether oxygens (including phenoxy) is 1. The van der Waals surface area contributed by atoms with Gasteiger partial charge in [0.25, 0.3) is 0 Å². The van der Waals surface area contributed by atoms with Crippen molar-refractivity contribution in [1.29, 1.82) is 5.26 Å². The summed E-state index contributed by atoms with van der Waals surface area (Å²) in [6.07, 6.45) is 0. The third-order valence-electron chi connectivity index (χ3n) is 4.02. The Morgan fingerprint density at radius 1 is 0.931 bits per heavy atom. The molecule has 0 unspecified atom stereocenters. The van der Waals surface area contributed by atoms with Crippen molar-refractivity contribution < 1.29 is 4.74 Å². The Bertz CT molecular complexity index is 1020. The largest absolute Gasteiger partial charge is 0.457 e. The van der Waals surface area contributed by atoms with Crippen LogP contribution in [0.5, 0.6) is 11.5 Å². The second kappa shape index (κ2) is 10.8. The molecule has 0 aliphatic rings. The molecule has 0 aromatic heterocycles. The van der Waals surface area contributed by atoms with E-state index in [9.17, 15) is 5.26 Å². The summed E-state index contributed by atoms with van der Waals surface area (Å²) in [5.41, 5.74) is 14.9. The molecule has 0 saturated carbocycles. The van der Waals surface area contributed by atoms with Crippen LogP contribution >= 0.6 is 11.8 Å². The van der Waals surface area contributed by atoms with Crippen molar-refractivity contribution in [3.63, 3.8) is 0 Å². The molecule has 0 heterocycles. The molecule has 0 atom stereocenters. The first-order chi connectivity index (χ1) is 14.1. The quantitative estimate of drug-likeness (QED) is 0.295. The number of para-hydroxylation sites is 2. The molecule has 148 valence electrons. The maximum absolute atomic E-state index is 9.73. The number of rotatable bonds is 5. The molecule has 4 nitrogen and oxygen atoms in total. The fraction of sp³-hybridized carbons (Fsp3) is 0.125. The van der Waals surface area contributed by atoms with E-state index in [2.05, 4.69) is 6.07 Å². The van der Waals surface area contributed by atoms with Crippen LogP contribution in [0.25, 0.3) is 5.57 Å². The highest BCUT2D eigenvalue weighted by molar-refractivity contribution is 8.03. The number of hydrogen-bond donors (Lipinski definition) is 2. The molecule has 0 amide bonds. The summed E-state index contributed by atoms with van der Waals surface area (Å²) in [7, 11) is 0. The molecule has 0 fully saturated rings. The van der Waals surface area contributed by atoms with Gasteiger partial charge < -0.3 is 16.2 Å². The lowest BCUT2D eigenvalue weighted by Crippen LogP contribution is -2.01. The minimum atomic E-state index is 0.398. The fourth-order valence-electron chi connectivity index (χ4n) is 2.60. The average Bonchev–Trinajstić information content (AvgIpc) is 2.75. The second-order valence-electron chi connectivity index (χ2n) is 5.83. The maximum Gasteiger partial charge on any atom is 0.130 e. The van der Waals surface area contributed by atoms with E-state index in [4.69, 9.17) is 16.2 Å². The smallest absolute Gasteiger partial charge is 0.130 e. The normalized spacial score (nSPS) is 10.8. The van der Waals surface area contributed by atoms with Gasteiger partial charge in [0.05, 0.1) is 10.6 Å². The van der Waals surface area contributed by atoms with Crippen molar-refractivity contribution >= 4 is 23.0 Å². The van der Waals surface area contributed by atoms with Crippen molar-refractivity contribution in [1.82, 2.24) is 0 Å². The van der Waals surface area contributed by atoms with Gasteiger partial charge in [0.1, 0.15) is 17.6 Å². The molecule has 0 saturated heterocycles. The van der Waals surface area contributed by atoms with Crippen molar-refractivity contribution in [2.24, 2.45) is 5.73 Å². The Kier molecular flexibility index (Phi) is 8.20. The van der Waals surface area contributed by atoms with Crippen molar-refractivity contribution in [3.05, 3.63) is 89.0 Å². The molecule has 0 aliphatic carbocycles. The fourth-order valence-corrected chi connectivity index (χ4v) is 3.43. The van der Waals surface area contributed by atoms with E-state index in [-0.39, 0.29) is 0 Å². The van der Waals surface area contributed by atoms with Gasteiger partial charge in [0.2, 0.25) is 0 Å². The van der Waals surface area contributed by atoms with Crippen LogP contribution in [0.4, 0.5) is 5.69 Å². The Balaban J connectivity index is 0.00000145. The summed E-state index contributed by atoms with van der Waals surface area (Å²) in [6.45, 7) is 5.92. The van der Waals surface area contributed by atoms with E-state index in [0.717, 1.165) is 21.8 Å². The number of anilines is 1. The first-order valence-electron chi connectivity index (χ1n) is 9.35. The molecule has 0 aliphatic heterocycles. The minimum absolute atomic E-state index is 0.398.